The number of nitrogens with zero attached hydrogens (tertiary/aromatic N) is 5. The summed E-state index contributed by atoms with van der Waals surface area (Å²) in [6.45, 7) is 1.32. The Morgan fingerprint density at radius 2 is 1.87 bits per heavy atom. The molecule has 6 atom stereocenters. The molecule has 2 aliphatic rings. The number of hydrogen-bond donors (Lipinski definition) is 6. The van der Waals surface area contributed by atoms with Crippen molar-refractivity contribution in [1.82, 2.24) is 25.0 Å². The van der Waals surface area contributed by atoms with Gasteiger partial charge in [-0.3, -0.25) is 9.13 Å². The van der Waals surface area contributed by atoms with Crippen molar-refractivity contribution in [2.75, 3.05) is 11.9 Å². The fourth-order valence-electron chi connectivity index (χ4n) is 5.03. The zero-order valence-electron chi connectivity index (χ0n) is 21.0. The van der Waals surface area contributed by atoms with E-state index in [2.05, 4.69) is 31.7 Å². The average Bonchev–Trinajstić information content (AvgIpc) is 3.54. The van der Waals surface area contributed by atoms with Crippen molar-refractivity contribution in [2.45, 2.75) is 62.3 Å². The Bertz CT molecular complexity index is 1500. The minimum Gasteiger partial charge on any atom is -0.390 e. The highest BCUT2D eigenvalue weighted by atomic mass is 35.5. The average molecular weight is 603 g/mol. The second-order valence-electron chi connectivity index (χ2n) is 10.4. The van der Waals surface area contributed by atoms with Gasteiger partial charge >= 0.3 is 15.2 Å². The van der Waals surface area contributed by atoms with Crippen LogP contribution in [-0.2, 0) is 20.1 Å². The Labute approximate surface area is 228 Å². The molecule has 0 aliphatic heterocycles. The fourth-order valence-corrected chi connectivity index (χ4v) is 7.39. The Kier molecular flexibility index (Phi) is 7.41. The van der Waals surface area contributed by atoms with Crippen LogP contribution in [0.1, 0.15) is 49.9 Å². The fraction of sp³-hybridized carbons (Fsp3) is 0.545. The van der Waals surface area contributed by atoms with Crippen LogP contribution >= 0.6 is 26.8 Å². The van der Waals surface area contributed by atoms with Gasteiger partial charge in [-0.1, -0.05) is 29.5 Å². The van der Waals surface area contributed by atoms with Crippen molar-refractivity contribution in [3.63, 3.8) is 0 Å². The van der Waals surface area contributed by atoms with Crippen LogP contribution in [0.25, 0.3) is 11.2 Å². The van der Waals surface area contributed by atoms with Crippen LogP contribution in [0.2, 0.25) is 5.28 Å². The predicted molar refractivity (Wildman–Crippen MR) is 140 cm³/mol. The summed E-state index contributed by atoms with van der Waals surface area (Å²) in [5, 5.41) is 33.1. The van der Waals surface area contributed by atoms with E-state index in [1.165, 1.54) is 10.2 Å². The van der Waals surface area contributed by atoms with Crippen molar-refractivity contribution in [1.29, 1.82) is 0 Å². The van der Waals surface area contributed by atoms with Crippen molar-refractivity contribution in [3.8, 4) is 0 Å². The first-order chi connectivity index (χ1) is 18.2. The lowest BCUT2D eigenvalue weighted by Gasteiger charge is -2.30. The molecule has 0 bridgehead atoms. The normalized spacial score (nSPS) is 27.0. The van der Waals surface area contributed by atoms with E-state index in [0.717, 1.165) is 32.3 Å². The molecule has 39 heavy (non-hydrogen) atoms. The Morgan fingerprint density at radius 3 is 2.59 bits per heavy atom. The topological polar surface area (TPSA) is 213 Å². The van der Waals surface area contributed by atoms with Crippen LogP contribution in [0.5, 0.6) is 0 Å². The molecule has 0 amide bonds. The van der Waals surface area contributed by atoms with Crippen LogP contribution in [0.4, 0.5) is 5.82 Å². The molecule has 0 radical (unpaired) electrons. The van der Waals surface area contributed by atoms with Gasteiger partial charge in [-0.25, -0.2) is 4.68 Å². The van der Waals surface area contributed by atoms with Gasteiger partial charge in [0.05, 0.1) is 24.8 Å². The molecule has 14 nitrogen and oxygen atoms in total. The maximum absolute atomic E-state index is 12.6. The van der Waals surface area contributed by atoms with Gasteiger partial charge in [0.2, 0.25) is 5.28 Å². The van der Waals surface area contributed by atoms with E-state index in [1.54, 1.807) is 0 Å². The second kappa shape index (κ2) is 10.1. The van der Waals surface area contributed by atoms with Gasteiger partial charge in [0.1, 0.15) is 6.10 Å². The van der Waals surface area contributed by atoms with Gasteiger partial charge in [0.25, 0.3) is 0 Å². The standard InChI is InChI=1S/C22H29ClN6O8P2/c1-22(2,38(32,33)34)39(35,36)37-10-12-9-15(18(31)17(12)30)29-20-16(27-28-29)19(25-21(23)26-20)24-14-8-7-11-5-3-4-6-13(11)14/h3-6,12,14-15,17-18,30-31H,7-10H2,1-2H3,(H,35,36)(H,24,25,26)(H2,32,33,34)/t12-,14-,15-,17-,18+/m1/s1. The van der Waals surface area contributed by atoms with E-state index in [0.29, 0.717) is 11.3 Å². The summed E-state index contributed by atoms with van der Waals surface area (Å²) in [4.78, 5) is 35.4. The Hall–Kier alpha value is -1.99. The molecule has 0 saturated heterocycles. The molecule has 2 aromatic heterocycles. The van der Waals surface area contributed by atoms with Crippen LogP contribution in [0.15, 0.2) is 24.3 Å². The molecule has 6 N–H and O–H groups in total. The maximum Gasteiger partial charge on any atom is 0.345 e. The number of hydrogen-bond acceptors (Lipinski definition) is 10. The highest BCUT2D eigenvalue weighted by molar-refractivity contribution is 7.72. The summed E-state index contributed by atoms with van der Waals surface area (Å²) >= 11 is 6.23. The number of aryl methyl sites for hydroxylation is 1. The van der Waals surface area contributed by atoms with Crippen molar-refractivity contribution >= 4 is 43.8 Å². The Balaban J connectivity index is 1.37. The van der Waals surface area contributed by atoms with Crippen LogP contribution in [-0.4, -0.2) is 73.6 Å². The number of nitrogens with one attached hydrogen (secondary N) is 1. The quantitative estimate of drug-likeness (QED) is 0.162. The monoisotopic (exact) mass is 602 g/mol. The van der Waals surface area contributed by atoms with E-state index in [-0.39, 0.29) is 23.4 Å². The molecule has 212 valence electrons. The SMILES string of the molecule is CC(C)(P(=O)(O)O)P(=O)(O)OC[C@H]1C[C@@H](n2nnc3c(N[C@@H]4CCc5ccccc54)nc(Cl)nc32)[C@H](O)[C@@H]1O. The molecule has 17 heteroatoms. The first-order valence-electron chi connectivity index (χ1n) is 12.2. The number of anilines is 1. The minimum absolute atomic E-state index is 0.0208. The minimum atomic E-state index is -5.00. The number of fused-ring (bicyclic) bond motifs is 2. The zero-order chi connectivity index (χ0) is 28.3. The first kappa shape index (κ1) is 28.5. The van der Waals surface area contributed by atoms with Gasteiger partial charge in [0, 0.05) is 5.92 Å². The van der Waals surface area contributed by atoms with Crippen molar-refractivity contribution < 1.29 is 38.5 Å². The molecule has 1 unspecified atom stereocenters. The van der Waals surface area contributed by atoms with Crippen molar-refractivity contribution in [3.05, 3.63) is 40.7 Å². The molecule has 1 saturated carbocycles. The van der Waals surface area contributed by atoms with Gasteiger partial charge < -0.3 is 34.7 Å². The lowest BCUT2D eigenvalue weighted by Crippen LogP contribution is -2.31. The summed E-state index contributed by atoms with van der Waals surface area (Å²) in [7, 11) is -9.82. The van der Waals surface area contributed by atoms with Crippen LogP contribution in [0, 0.1) is 5.92 Å². The van der Waals surface area contributed by atoms with E-state index >= 15 is 0 Å². The predicted octanol–water partition coefficient (Wildman–Crippen LogP) is 2.37. The summed E-state index contributed by atoms with van der Waals surface area (Å²) in [6.07, 6.45) is -0.971. The second-order valence-corrected chi connectivity index (χ2v) is 15.7. The van der Waals surface area contributed by atoms with Crippen LogP contribution in [0.3, 0.4) is 0 Å². The highest BCUT2D eigenvalue weighted by Crippen LogP contribution is 2.71. The van der Waals surface area contributed by atoms with E-state index < -0.39 is 50.9 Å². The van der Waals surface area contributed by atoms with Gasteiger partial charge in [-0.15, -0.1) is 5.10 Å². The van der Waals surface area contributed by atoms with E-state index in [1.807, 2.05) is 18.2 Å². The molecule has 2 aliphatic carbocycles. The molecule has 3 aromatic rings. The largest absolute Gasteiger partial charge is 0.390 e. The summed E-state index contributed by atoms with van der Waals surface area (Å²) in [5.74, 6) is -0.492. The van der Waals surface area contributed by atoms with Gasteiger partial charge in [-0.05, 0) is 55.8 Å². The number of rotatable bonds is 8. The van der Waals surface area contributed by atoms with E-state index in [4.69, 9.17) is 16.1 Å². The molecule has 0 spiro atoms. The number of aliphatic hydroxyl groups is 2. The number of aromatic nitrogens is 5. The Morgan fingerprint density at radius 1 is 1.15 bits per heavy atom. The molecule has 5 rings (SSSR count). The molecule has 2 heterocycles. The molecule has 1 aromatic carbocycles. The third-order valence-electron chi connectivity index (χ3n) is 7.69. The maximum atomic E-state index is 12.6. The third-order valence-corrected chi connectivity index (χ3v) is 12.7. The molecular formula is C22H29ClN6O8P2. The summed E-state index contributed by atoms with van der Waals surface area (Å²) in [6, 6.07) is 7.20. The highest BCUT2D eigenvalue weighted by Gasteiger charge is 2.55. The van der Waals surface area contributed by atoms with Crippen molar-refractivity contribution in [2.24, 2.45) is 5.92 Å². The van der Waals surface area contributed by atoms with Gasteiger partial charge in [-0.2, -0.15) is 9.97 Å². The molecular weight excluding hydrogens is 574 g/mol. The summed E-state index contributed by atoms with van der Waals surface area (Å²) < 4.78 is 30.7. The lowest BCUT2D eigenvalue weighted by molar-refractivity contribution is -0.00392. The smallest absolute Gasteiger partial charge is 0.345 e. The number of aliphatic hydroxyl groups excluding tert-OH is 2. The summed E-state index contributed by atoms with van der Waals surface area (Å²) in [5.41, 5.74) is 2.92. The molecule has 1 fully saturated rings. The lowest BCUT2D eigenvalue weighted by atomic mass is 10.1. The van der Waals surface area contributed by atoms with E-state index in [9.17, 15) is 34.0 Å². The van der Waals surface area contributed by atoms with Crippen LogP contribution < -0.4 is 5.32 Å². The third kappa shape index (κ3) is 5.03. The zero-order valence-corrected chi connectivity index (χ0v) is 23.5. The number of benzene rings is 1. The first-order valence-corrected chi connectivity index (χ1v) is 15.8. The van der Waals surface area contributed by atoms with Gasteiger partial charge in [0.15, 0.2) is 21.9 Å². The number of halogens is 1.